The molecular weight excluding hydrogens is 370 g/mol. The molecule has 0 aliphatic carbocycles. The number of amides is 2. The lowest BCUT2D eigenvalue weighted by molar-refractivity contribution is -0.115. The Balaban J connectivity index is 1.44. The Bertz CT molecular complexity index is 1110. The molecule has 2 N–H and O–H groups in total. The molecule has 2 aromatic carbocycles. The van der Waals surface area contributed by atoms with Crippen molar-refractivity contribution in [3.05, 3.63) is 69.7 Å². The van der Waals surface area contributed by atoms with Crippen LogP contribution in [-0.2, 0) is 17.6 Å². The van der Waals surface area contributed by atoms with Crippen LogP contribution in [0.25, 0.3) is 11.1 Å². The minimum atomic E-state index is -0.223. The maximum atomic E-state index is 12.1. The lowest BCUT2D eigenvalue weighted by Gasteiger charge is -2.10. The molecule has 2 heterocycles. The topological polar surface area (TPSA) is 71.1 Å². The summed E-state index contributed by atoms with van der Waals surface area (Å²) in [7, 11) is 0. The summed E-state index contributed by atoms with van der Waals surface area (Å²) >= 11 is 1.28. The number of nitrogens with one attached hydrogen (secondary N) is 2. The number of carbonyl (C=O) groups excluding carboxylic acids is 2. The molecular formula is C22H17N3O2S. The summed E-state index contributed by atoms with van der Waals surface area (Å²) in [5.74, 6) is 2.23. The Morgan fingerprint density at radius 1 is 1.29 bits per heavy atom. The fourth-order valence-electron chi connectivity index (χ4n) is 3.27. The van der Waals surface area contributed by atoms with E-state index in [1.807, 2.05) is 36.4 Å². The predicted octanol–water partition coefficient (Wildman–Crippen LogP) is 3.26. The zero-order valence-electron chi connectivity index (χ0n) is 15.0. The van der Waals surface area contributed by atoms with Gasteiger partial charge in [0.15, 0.2) is 5.01 Å². The third-order valence-electron chi connectivity index (χ3n) is 4.58. The standard InChI is InChI=1S/C22H17N3O2S/c1-2-21-25-19(13-28-21)22(27)23-10-9-14-5-3-6-15(11-14)16-7-4-8-18-17(16)12-20(26)24-18/h1,3-8,11,13H,9-10,12H2,(H,23,27)(H,24,26). The van der Waals surface area contributed by atoms with Gasteiger partial charge < -0.3 is 10.6 Å². The van der Waals surface area contributed by atoms with Crippen molar-refractivity contribution in [1.29, 1.82) is 0 Å². The van der Waals surface area contributed by atoms with Gasteiger partial charge >= 0.3 is 0 Å². The number of nitrogens with zero attached hydrogens (tertiary/aromatic N) is 1. The fourth-order valence-corrected chi connectivity index (χ4v) is 3.87. The van der Waals surface area contributed by atoms with Crippen LogP contribution >= 0.6 is 11.3 Å². The Kier molecular flexibility index (Phi) is 4.92. The van der Waals surface area contributed by atoms with E-state index in [4.69, 9.17) is 6.42 Å². The van der Waals surface area contributed by atoms with E-state index >= 15 is 0 Å². The van der Waals surface area contributed by atoms with Crippen molar-refractivity contribution in [3.8, 4) is 23.5 Å². The first kappa shape index (κ1) is 18.0. The Morgan fingerprint density at radius 2 is 2.14 bits per heavy atom. The first-order valence-electron chi connectivity index (χ1n) is 8.85. The fraction of sp³-hybridized carbons (Fsp3) is 0.136. The summed E-state index contributed by atoms with van der Waals surface area (Å²) in [4.78, 5) is 27.9. The number of anilines is 1. The summed E-state index contributed by atoms with van der Waals surface area (Å²) in [5.41, 5.74) is 5.50. The highest BCUT2D eigenvalue weighted by atomic mass is 32.1. The zero-order chi connectivity index (χ0) is 19.5. The largest absolute Gasteiger partial charge is 0.350 e. The number of fused-ring (bicyclic) bond motifs is 1. The van der Waals surface area contributed by atoms with E-state index in [1.54, 1.807) is 5.38 Å². The molecule has 0 fully saturated rings. The minimum Gasteiger partial charge on any atom is -0.350 e. The second-order valence-electron chi connectivity index (χ2n) is 6.45. The number of rotatable bonds is 5. The molecule has 0 atom stereocenters. The Hall–Kier alpha value is -3.43. The number of terminal acetylenes is 1. The molecule has 3 aromatic rings. The molecule has 0 bridgehead atoms. The van der Waals surface area contributed by atoms with Crippen molar-refractivity contribution in [2.75, 3.05) is 11.9 Å². The van der Waals surface area contributed by atoms with Gasteiger partial charge in [-0.2, -0.15) is 0 Å². The normalized spacial score (nSPS) is 12.2. The number of hydrogen-bond donors (Lipinski definition) is 2. The monoisotopic (exact) mass is 387 g/mol. The second kappa shape index (κ2) is 7.67. The van der Waals surface area contributed by atoms with Gasteiger partial charge in [-0.25, -0.2) is 4.98 Å². The van der Waals surface area contributed by atoms with E-state index in [-0.39, 0.29) is 11.8 Å². The van der Waals surface area contributed by atoms with Crippen LogP contribution in [-0.4, -0.2) is 23.3 Å². The van der Waals surface area contributed by atoms with Gasteiger partial charge in [-0.3, -0.25) is 9.59 Å². The van der Waals surface area contributed by atoms with E-state index in [2.05, 4.69) is 27.6 Å². The minimum absolute atomic E-state index is 0.0244. The van der Waals surface area contributed by atoms with Gasteiger partial charge in [0.25, 0.3) is 5.91 Å². The van der Waals surface area contributed by atoms with Crippen LogP contribution in [0, 0.1) is 12.3 Å². The molecule has 0 radical (unpaired) electrons. The van der Waals surface area contributed by atoms with E-state index in [0.717, 1.165) is 27.9 Å². The van der Waals surface area contributed by atoms with E-state index < -0.39 is 0 Å². The van der Waals surface area contributed by atoms with Crippen molar-refractivity contribution >= 4 is 28.8 Å². The average Bonchev–Trinajstić information content (AvgIpc) is 3.33. The van der Waals surface area contributed by atoms with Gasteiger partial charge in [-0.05, 0) is 40.7 Å². The SMILES string of the molecule is C#Cc1nc(C(=O)NCCc2cccc(-c3cccc4c3CC(=O)N4)c2)cs1. The first-order valence-corrected chi connectivity index (χ1v) is 9.73. The average molecular weight is 387 g/mol. The molecule has 28 heavy (non-hydrogen) atoms. The summed E-state index contributed by atoms with van der Waals surface area (Å²) in [5, 5.41) is 7.92. The van der Waals surface area contributed by atoms with Crippen LogP contribution < -0.4 is 10.6 Å². The molecule has 1 aliphatic heterocycles. The highest BCUT2D eigenvalue weighted by Crippen LogP contribution is 2.33. The number of benzene rings is 2. The smallest absolute Gasteiger partial charge is 0.270 e. The van der Waals surface area contributed by atoms with Crippen molar-refractivity contribution in [3.63, 3.8) is 0 Å². The lowest BCUT2D eigenvalue weighted by atomic mass is 9.96. The summed E-state index contributed by atoms with van der Waals surface area (Å²) < 4.78 is 0. The van der Waals surface area contributed by atoms with Gasteiger partial charge in [0.05, 0.1) is 6.42 Å². The van der Waals surface area contributed by atoms with Gasteiger partial charge in [0.2, 0.25) is 5.91 Å². The van der Waals surface area contributed by atoms with Gasteiger partial charge in [0, 0.05) is 17.6 Å². The maximum Gasteiger partial charge on any atom is 0.270 e. The molecule has 1 aliphatic rings. The van der Waals surface area contributed by atoms with Crippen LogP contribution in [0.5, 0.6) is 0 Å². The third kappa shape index (κ3) is 3.66. The van der Waals surface area contributed by atoms with Crippen molar-refractivity contribution < 1.29 is 9.59 Å². The van der Waals surface area contributed by atoms with Crippen molar-refractivity contribution in [2.45, 2.75) is 12.8 Å². The molecule has 0 unspecified atom stereocenters. The number of thiazole rings is 1. The predicted molar refractivity (Wildman–Crippen MR) is 110 cm³/mol. The number of carbonyl (C=O) groups is 2. The molecule has 0 spiro atoms. The van der Waals surface area contributed by atoms with E-state index in [0.29, 0.717) is 30.1 Å². The van der Waals surface area contributed by atoms with Crippen LogP contribution in [0.3, 0.4) is 0 Å². The van der Waals surface area contributed by atoms with Crippen LogP contribution in [0.15, 0.2) is 47.8 Å². The third-order valence-corrected chi connectivity index (χ3v) is 5.36. The highest BCUT2D eigenvalue weighted by Gasteiger charge is 2.21. The van der Waals surface area contributed by atoms with Crippen LogP contribution in [0.2, 0.25) is 0 Å². The maximum absolute atomic E-state index is 12.1. The zero-order valence-corrected chi connectivity index (χ0v) is 15.8. The van der Waals surface area contributed by atoms with E-state index in [9.17, 15) is 9.59 Å². The molecule has 4 rings (SSSR count). The molecule has 6 heteroatoms. The Labute approximate surface area is 166 Å². The molecule has 2 amide bonds. The Morgan fingerprint density at radius 3 is 2.96 bits per heavy atom. The quantitative estimate of drug-likeness (QED) is 0.660. The summed E-state index contributed by atoms with van der Waals surface area (Å²) in [6.07, 6.45) is 6.38. The molecule has 0 saturated carbocycles. The van der Waals surface area contributed by atoms with Crippen molar-refractivity contribution in [1.82, 2.24) is 10.3 Å². The van der Waals surface area contributed by atoms with Gasteiger partial charge in [0.1, 0.15) is 5.69 Å². The number of hydrogen-bond acceptors (Lipinski definition) is 4. The summed E-state index contributed by atoms with van der Waals surface area (Å²) in [6, 6.07) is 14.1. The molecule has 0 saturated heterocycles. The molecule has 138 valence electrons. The van der Waals surface area contributed by atoms with Gasteiger partial charge in [-0.1, -0.05) is 36.4 Å². The lowest BCUT2D eigenvalue weighted by Crippen LogP contribution is -2.26. The first-order chi connectivity index (χ1) is 13.6. The molecule has 5 nitrogen and oxygen atoms in total. The van der Waals surface area contributed by atoms with Crippen LogP contribution in [0.1, 0.15) is 26.6 Å². The van der Waals surface area contributed by atoms with Crippen LogP contribution in [0.4, 0.5) is 5.69 Å². The molecule has 1 aromatic heterocycles. The number of aromatic nitrogens is 1. The highest BCUT2D eigenvalue weighted by molar-refractivity contribution is 7.10. The van der Waals surface area contributed by atoms with Crippen molar-refractivity contribution in [2.24, 2.45) is 0 Å². The second-order valence-corrected chi connectivity index (χ2v) is 7.30. The van der Waals surface area contributed by atoms with Gasteiger partial charge in [-0.15, -0.1) is 17.8 Å². The summed E-state index contributed by atoms with van der Waals surface area (Å²) in [6.45, 7) is 0.498. The van der Waals surface area contributed by atoms with E-state index in [1.165, 1.54) is 11.3 Å².